The molecular formula is C20H27NO3S. The lowest BCUT2D eigenvalue weighted by atomic mass is 9.98. The van der Waals surface area contributed by atoms with Crippen LogP contribution in [0.2, 0.25) is 0 Å². The molecule has 5 heteroatoms. The number of carboxylic acids is 1. The summed E-state index contributed by atoms with van der Waals surface area (Å²) in [5, 5.41) is 9.56. The number of anilines is 1. The first-order chi connectivity index (χ1) is 11.8. The highest BCUT2D eigenvalue weighted by Gasteiger charge is 2.25. The van der Waals surface area contributed by atoms with Crippen molar-refractivity contribution in [2.45, 2.75) is 46.5 Å². The highest BCUT2D eigenvalue weighted by atomic mass is 32.1. The Hall–Kier alpha value is -1.88. The Balaban J connectivity index is 2.30. The number of hydrogen-bond acceptors (Lipinski definition) is 3. The summed E-state index contributed by atoms with van der Waals surface area (Å²) >= 11 is 1.27. The summed E-state index contributed by atoms with van der Waals surface area (Å²) in [6.45, 7) is 5.96. The predicted octanol–water partition coefficient (Wildman–Crippen LogP) is 5.21. The number of allylic oxidation sites excluding steroid dienone is 3. The van der Waals surface area contributed by atoms with Crippen LogP contribution in [0.3, 0.4) is 0 Å². The molecule has 1 aromatic rings. The number of thiophene rings is 1. The first kappa shape index (κ1) is 19.4. The molecule has 0 unspecified atom stereocenters. The van der Waals surface area contributed by atoms with E-state index in [1.807, 2.05) is 25.1 Å². The second kappa shape index (κ2) is 8.48. The second-order valence-electron chi connectivity index (χ2n) is 6.92. The fourth-order valence-corrected chi connectivity index (χ4v) is 3.99. The van der Waals surface area contributed by atoms with Gasteiger partial charge in [0, 0.05) is 11.9 Å². The predicted molar refractivity (Wildman–Crippen MR) is 104 cm³/mol. The lowest BCUT2D eigenvalue weighted by Gasteiger charge is -2.19. The third kappa shape index (κ3) is 4.82. The van der Waals surface area contributed by atoms with E-state index in [1.54, 1.807) is 7.05 Å². The normalized spacial score (nSPS) is 16.1. The average molecular weight is 362 g/mol. The van der Waals surface area contributed by atoms with Gasteiger partial charge >= 0.3 is 5.97 Å². The summed E-state index contributed by atoms with van der Waals surface area (Å²) in [7, 11) is 1.66. The minimum Gasteiger partial charge on any atom is -0.477 e. The molecule has 0 fully saturated rings. The summed E-state index contributed by atoms with van der Waals surface area (Å²) in [4.78, 5) is 27.0. The van der Waals surface area contributed by atoms with Gasteiger partial charge in [-0.05, 0) is 43.2 Å². The Labute approximate surface area is 153 Å². The highest BCUT2D eigenvalue weighted by Crippen LogP contribution is 2.38. The van der Waals surface area contributed by atoms with Crippen LogP contribution < -0.4 is 4.90 Å². The quantitative estimate of drug-likeness (QED) is 0.707. The molecule has 0 aliphatic heterocycles. The van der Waals surface area contributed by atoms with Gasteiger partial charge in [-0.25, -0.2) is 4.79 Å². The van der Waals surface area contributed by atoms with E-state index in [-0.39, 0.29) is 16.7 Å². The van der Waals surface area contributed by atoms with Crippen LogP contribution in [-0.2, 0) is 4.79 Å². The summed E-state index contributed by atoms with van der Waals surface area (Å²) < 4.78 is 0. The van der Waals surface area contributed by atoms with Crippen LogP contribution in [0, 0.1) is 11.8 Å². The molecule has 0 bridgehead atoms. The van der Waals surface area contributed by atoms with Crippen molar-refractivity contribution in [1.82, 2.24) is 0 Å². The highest BCUT2D eigenvalue weighted by molar-refractivity contribution is 7.15. The molecule has 4 nitrogen and oxygen atoms in total. The molecule has 0 saturated heterocycles. The van der Waals surface area contributed by atoms with Gasteiger partial charge in [0.05, 0.1) is 11.6 Å². The van der Waals surface area contributed by atoms with Crippen molar-refractivity contribution in [3.63, 3.8) is 0 Å². The van der Waals surface area contributed by atoms with E-state index in [4.69, 9.17) is 0 Å². The number of carbonyl (C=O) groups excluding carboxylic acids is 1. The van der Waals surface area contributed by atoms with Gasteiger partial charge in [0.25, 0.3) is 0 Å². The molecular weight excluding hydrogens is 334 g/mol. The van der Waals surface area contributed by atoms with Gasteiger partial charge in [0.15, 0.2) is 0 Å². The SMILES string of the molecule is CC(C)/C=C/[C@H](C)C(=O)N(C)c1cc(C2=CCCCC2)sc1C(=O)O. The summed E-state index contributed by atoms with van der Waals surface area (Å²) in [6, 6.07) is 1.86. The molecule has 2 rings (SSSR count). The fourth-order valence-electron chi connectivity index (χ4n) is 2.90. The maximum atomic E-state index is 12.7. The van der Waals surface area contributed by atoms with Crippen molar-refractivity contribution >= 4 is 34.5 Å². The van der Waals surface area contributed by atoms with E-state index >= 15 is 0 Å². The van der Waals surface area contributed by atoms with Gasteiger partial charge in [-0.2, -0.15) is 0 Å². The van der Waals surface area contributed by atoms with Crippen LogP contribution in [0.1, 0.15) is 61.0 Å². The molecule has 1 atom stereocenters. The van der Waals surface area contributed by atoms with Crippen LogP contribution in [0.15, 0.2) is 24.3 Å². The summed E-state index contributed by atoms with van der Waals surface area (Å²) in [5.74, 6) is -0.985. The zero-order valence-electron chi connectivity index (χ0n) is 15.4. The van der Waals surface area contributed by atoms with E-state index in [9.17, 15) is 14.7 Å². The molecule has 0 aromatic carbocycles. The van der Waals surface area contributed by atoms with E-state index in [0.29, 0.717) is 11.6 Å². The first-order valence-corrected chi connectivity index (χ1v) is 9.65. The van der Waals surface area contributed by atoms with Gasteiger partial charge in [-0.1, -0.05) is 39.0 Å². The Morgan fingerprint density at radius 1 is 1.24 bits per heavy atom. The average Bonchev–Trinajstić information content (AvgIpc) is 3.04. The van der Waals surface area contributed by atoms with Gasteiger partial charge in [-0.3, -0.25) is 4.79 Å². The largest absolute Gasteiger partial charge is 0.477 e. The molecule has 1 aliphatic carbocycles. The molecule has 1 N–H and O–H groups in total. The maximum Gasteiger partial charge on any atom is 0.348 e. The lowest BCUT2D eigenvalue weighted by Crippen LogP contribution is -2.31. The van der Waals surface area contributed by atoms with Crippen LogP contribution in [0.25, 0.3) is 5.57 Å². The monoisotopic (exact) mass is 361 g/mol. The van der Waals surface area contributed by atoms with Gasteiger partial charge < -0.3 is 10.0 Å². The van der Waals surface area contributed by atoms with Crippen molar-refractivity contribution in [1.29, 1.82) is 0 Å². The molecule has 0 spiro atoms. The smallest absolute Gasteiger partial charge is 0.348 e. The molecule has 1 aromatic heterocycles. The number of carboxylic acid groups (broad SMARTS) is 1. The van der Waals surface area contributed by atoms with Crippen molar-refractivity contribution < 1.29 is 14.7 Å². The van der Waals surface area contributed by atoms with E-state index in [2.05, 4.69) is 19.9 Å². The van der Waals surface area contributed by atoms with E-state index in [0.717, 1.165) is 24.1 Å². The molecule has 136 valence electrons. The van der Waals surface area contributed by atoms with E-state index in [1.165, 1.54) is 28.2 Å². The van der Waals surface area contributed by atoms with Crippen LogP contribution >= 0.6 is 11.3 Å². The summed E-state index contributed by atoms with van der Waals surface area (Å²) in [6.07, 6.45) is 10.4. The third-order valence-corrected chi connectivity index (χ3v) is 5.57. The van der Waals surface area contributed by atoms with Crippen LogP contribution in [0.4, 0.5) is 5.69 Å². The molecule has 0 saturated carbocycles. The van der Waals surface area contributed by atoms with Gasteiger partial charge in [0.1, 0.15) is 4.88 Å². The third-order valence-electron chi connectivity index (χ3n) is 4.38. The number of nitrogens with zero attached hydrogens (tertiary/aromatic N) is 1. The number of amides is 1. The molecule has 0 radical (unpaired) electrons. The zero-order chi connectivity index (χ0) is 18.6. The topological polar surface area (TPSA) is 57.6 Å². The van der Waals surface area contributed by atoms with Crippen LogP contribution in [-0.4, -0.2) is 24.0 Å². The summed E-state index contributed by atoms with van der Waals surface area (Å²) in [5.41, 5.74) is 1.70. The van der Waals surface area contributed by atoms with Crippen molar-refractivity contribution in [3.8, 4) is 0 Å². The van der Waals surface area contributed by atoms with Crippen molar-refractivity contribution in [3.05, 3.63) is 34.0 Å². The Morgan fingerprint density at radius 3 is 2.52 bits per heavy atom. The first-order valence-electron chi connectivity index (χ1n) is 8.83. The van der Waals surface area contributed by atoms with Gasteiger partial charge in [0.2, 0.25) is 5.91 Å². The second-order valence-corrected chi connectivity index (χ2v) is 7.97. The number of carbonyl (C=O) groups is 2. The maximum absolute atomic E-state index is 12.7. The van der Waals surface area contributed by atoms with Crippen molar-refractivity contribution in [2.24, 2.45) is 11.8 Å². The fraction of sp³-hybridized carbons (Fsp3) is 0.500. The zero-order valence-corrected chi connectivity index (χ0v) is 16.2. The number of aromatic carboxylic acids is 1. The minimum absolute atomic E-state index is 0.0960. The molecule has 1 aliphatic rings. The molecule has 1 amide bonds. The van der Waals surface area contributed by atoms with Crippen molar-refractivity contribution in [2.75, 3.05) is 11.9 Å². The number of rotatable bonds is 6. The van der Waals surface area contributed by atoms with Gasteiger partial charge in [-0.15, -0.1) is 11.3 Å². The number of hydrogen-bond donors (Lipinski definition) is 1. The minimum atomic E-state index is -0.979. The Bertz CT molecular complexity index is 700. The van der Waals surface area contributed by atoms with Crippen LogP contribution in [0.5, 0.6) is 0 Å². The molecule has 1 heterocycles. The molecule has 25 heavy (non-hydrogen) atoms. The Kier molecular flexibility index (Phi) is 6.59. The standard InChI is InChI=1S/C20H27NO3S/c1-13(2)10-11-14(3)19(22)21(4)16-12-17(25-18(16)20(23)24)15-8-6-5-7-9-15/h8,10-14H,5-7,9H2,1-4H3,(H,23,24)/b11-10+/t14-/m0/s1. The van der Waals surface area contributed by atoms with E-state index < -0.39 is 5.97 Å². The Morgan fingerprint density at radius 2 is 1.96 bits per heavy atom. The lowest BCUT2D eigenvalue weighted by molar-refractivity contribution is -0.120.